The third-order valence-electron chi connectivity index (χ3n) is 4.26. The van der Waals surface area contributed by atoms with Crippen LogP contribution in [-0.4, -0.2) is 21.7 Å². The van der Waals surface area contributed by atoms with Crippen LogP contribution in [-0.2, 0) is 0 Å². The average Bonchev–Trinajstić information content (AvgIpc) is 3.08. The highest BCUT2D eigenvalue weighted by Crippen LogP contribution is 2.27. The number of aryl methyl sites for hydroxylation is 1. The van der Waals surface area contributed by atoms with Crippen molar-refractivity contribution in [2.75, 3.05) is 6.61 Å². The van der Waals surface area contributed by atoms with E-state index in [2.05, 4.69) is 29.2 Å². The molecule has 4 heteroatoms. The first-order valence-corrected chi connectivity index (χ1v) is 9.06. The van der Waals surface area contributed by atoms with E-state index < -0.39 is 0 Å². The molecule has 0 unspecified atom stereocenters. The van der Waals surface area contributed by atoms with E-state index in [0.29, 0.717) is 6.61 Å². The Morgan fingerprint density at radius 2 is 1.59 bits per heavy atom. The van der Waals surface area contributed by atoms with Crippen molar-refractivity contribution in [2.45, 2.75) is 13.8 Å². The lowest BCUT2D eigenvalue weighted by atomic mass is 10.0. The minimum absolute atomic E-state index is 0.582. The normalized spacial score (nSPS) is 10.7. The molecule has 0 radical (unpaired) electrons. The number of fused-ring (bicyclic) bond motifs is 1. The molecule has 0 spiro atoms. The van der Waals surface area contributed by atoms with Crippen LogP contribution in [0.2, 0.25) is 0 Å². The second-order valence-corrected chi connectivity index (χ2v) is 6.30. The van der Waals surface area contributed by atoms with Crippen LogP contribution in [0.3, 0.4) is 0 Å². The van der Waals surface area contributed by atoms with Crippen LogP contribution in [0, 0.1) is 6.92 Å². The third-order valence-corrected chi connectivity index (χ3v) is 4.26. The van der Waals surface area contributed by atoms with Gasteiger partial charge in [-0.25, -0.2) is 9.98 Å². The molecule has 4 nitrogen and oxygen atoms in total. The molecule has 0 aliphatic heterocycles. The lowest BCUT2D eigenvalue weighted by Crippen LogP contribution is -2.03. The summed E-state index contributed by atoms with van der Waals surface area (Å²) in [5, 5.41) is 0. The smallest absolute Gasteiger partial charge is 0.180 e. The maximum Gasteiger partial charge on any atom is 0.180 e. The van der Waals surface area contributed by atoms with Gasteiger partial charge in [0.05, 0.1) is 23.7 Å². The molecule has 2 aromatic carbocycles. The zero-order valence-corrected chi connectivity index (χ0v) is 15.5. The first kappa shape index (κ1) is 17.0. The Morgan fingerprint density at radius 1 is 0.963 bits per heavy atom. The van der Waals surface area contributed by atoms with Gasteiger partial charge >= 0.3 is 0 Å². The Kier molecular flexibility index (Phi) is 4.71. The van der Waals surface area contributed by atoms with E-state index in [1.54, 1.807) is 0 Å². The summed E-state index contributed by atoms with van der Waals surface area (Å²) in [7, 11) is 0. The number of aliphatic imine (C=N–C) groups is 1. The quantitative estimate of drug-likeness (QED) is 0.461. The number of hydrogen-bond acceptors (Lipinski definition) is 3. The van der Waals surface area contributed by atoms with E-state index in [-0.39, 0.29) is 0 Å². The van der Waals surface area contributed by atoms with Crippen LogP contribution in [0.4, 0.5) is 5.69 Å². The molecule has 134 valence electrons. The van der Waals surface area contributed by atoms with E-state index >= 15 is 0 Å². The van der Waals surface area contributed by atoms with Crippen LogP contribution in [0.15, 0.2) is 84.1 Å². The molecule has 0 aliphatic rings. The molecule has 4 rings (SSSR count). The molecular formula is C23H21N3O. The molecule has 0 fully saturated rings. The summed E-state index contributed by atoms with van der Waals surface area (Å²) in [6, 6.07) is 22.4. The van der Waals surface area contributed by atoms with Crippen molar-refractivity contribution >= 4 is 17.0 Å². The molecule has 27 heavy (non-hydrogen) atoms. The lowest BCUT2D eigenvalue weighted by molar-refractivity contribution is 0.342. The number of aromatic nitrogens is 2. The Hall–Kier alpha value is -3.40. The van der Waals surface area contributed by atoms with Gasteiger partial charge in [-0.2, -0.15) is 0 Å². The van der Waals surface area contributed by atoms with E-state index in [0.717, 1.165) is 39.6 Å². The molecule has 0 amide bonds. The van der Waals surface area contributed by atoms with Crippen LogP contribution in [0.1, 0.15) is 23.7 Å². The summed E-state index contributed by atoms with van der Waals surface area (Å²) < 4.78 is 7.79. The Labute approximate surface area is 158 Å². The van der Waals surface area contributed by atoms with Gasteiger partial charge in [-0.05, 0) is 13.8 Å². The van der Waals surface area contributed by atoms with Crippen molar-refractivity contribution < 1.29 is 4.74 Å². The van der Waals surface area contributed by atoms with Crippen molar-refractivity contribution in [3.8, 4) is 5.75 Å². The summed E-state index contributed by atoms with van der Waals surface area (Å²) in [6.07, 6.45) is 3.98. The van der Waals surface area contributed by atoms with E-state index in [4.69, 9.17) is 9.73 Å². The molecule has 0 bridgehead atoms. The highest BCUT2D eigenvalue weighted by atomic mass is 16.5. The van der Waals surface area contributed by atoms with Crippen molar-refractivity contribution in [1.29, 1.82) is 0 Å². The zero-order valence-electron chi connectivity index (χ0n) is 15.5. The predicted molar refractivity (Wildman–Crippen MR) is 109 cm³/mol. The molecule has 0 saturated carbocycles. The van der Waals surface area contributed by atoms with Crippen LogP contribution in [0.5, 0.6) is 5.75 Å². The number of nitrogens with zero attached hydrogens (tertiary/aromatic N) is 3. The number of ether oxygens (including phenoxy) is 1. The van der Waals surface area contributed by atoms with E-state index in [1.807, 2.05) is 73.1 Å². The van der Waals surface area contributed by atoms with Crippen molar-refractivity contribution in [1.82, 2.24) is 9.38 Å². The number of pyridine rings is 1. The minimum Gasteiger partial charge on any atom is -0.490 e. The van der Waals surface area contributed by atoms with Gasteiger partial charge in [-0.15, -0.1) is 0 Å². The first-order valence-electron chi connectivity index (χ1n) is 9.06. The summed E-state index contributed by atoms with van der Waals surface area (Å²) in [4.78, 5) is 9.55. The van der Waals surface area contributed by atoms with Crippen molar-refractivity contribution in [3.63, 3.8) is 0 Å². The molecule has 0 aliphatic carbocycles. The minimum atomic E-state index is 0.582. The second-order valence-electron chi connectivity index (χ2n) is 6.30. The number of rotatable bonds is 5. The topological polar surface area (TPSA) is 38.9 Å². The largest absolute Gasteiger partial charge is 0.490 e. The van der Waals surface area contributed by atoms with Gasteiger partial charge < -0.3 is 9.14 Å². The molecule has 0 N–H and O–H groups in total. The summed E-state index contributed by atoms with van der Waals surface area (Å²) >= 11 is 0. The zero-order chi connectivity index (χ0) is 18.6. The van der Waals surface area contributed by atoms with Gasteiger partial charge in [0.2, 0.25) is 0 Å². The Morgan fingerprint density at radius 3 is 2.19 bits per heavy atom. The second kappa shape index (κ2) is 7.46. The predicted octanol–water partition coefficient (Wildman–Crippen LogP) is 5.21. The van der Waals surface area contributed by atoms with E-state index in [1.165, 1.54) is 0 Å². The molecule has 0 saturated heterocycles. The van der Waals surface area contributed by atoms with Gasteiger partial charge in [-0.3, -0.25) is 0 Å². The first-order chi connectivity index (χ1) is 13.2. The van der Waals surface area contributed by atoms with Crippen LogP contribution in [0.25, 0.3) is 5.65 Å². The maximum absolute atomic E-state index is 5.81. The lowest BCUT2D eigenvalue weighted by Gasteiger charge is -2.10. The molecule has 0 atom stereocenters. The van der Waals surface area contributed by atoms with Gasteiger partial charge in [0.25, 0.3) is 0 Å². The molecule has 4 aromatic rings. The monoisotopic (exact) mass is 355 g/mol. The Balaban J connectivity index is 1.90. The van der Waals surface area contributed by atoms with Gasteiger partial charge in [-0.1, -0.05) is 60.7 Å². The fourth-order valence-electron chi connectivity index (χ4n) is 3.12. The standard InChI is InChI=1S/C23H21N3O/c1-3-27-21-14-20(16-26-15-17(2)24-23(21)26)25-22(18-10-6-4-7-11-18)19-12-8-5-9-13-19/h4-16H,3H2,1-2H3. The summed E-state index contributed by atoms with van der Waals surface area (Å²) in [6.45, 7) is 4.53. The Bertz CT molecular complexity index is 1040. The SMILES string of the molecule is CCOc1cc(N=C(c2ccccc2)c2ccccc2)cn2cc(C)nc12. The maximum atomic E-state index is 5.81. The molecule has 2 aromatic heterocycles. The number of hydrogen-bond donors (Lipinski definition) is 0. The fourth-order valence-corrected chi connectivity index (χ4v) is 3.12. The summed E-state index contributed by atoms with van der Waals surface area (Å²) in [5.41, 5.74) is 5.66. The number of benzene rings is 2. The highest BCUT2D eigenvalue weighted by Gasteiger charge is 2.11. The molecule has 2 heterocycles. The summed E-state index contributed by atoms with van der Waals surface area (Å²) in [5.74, 6) is 0.743. The number of imidazole rings is 1. The van der Waals surface area contributed by atoms with Gasteiger partial charge in [0.1, 0.15) is 0 Å². The van der Waals surface area contributed by atoms with E-state index in [9.17, 15) is 0 Å². The van der Waals surface area contributed by atoms with Crippen molar-refractivity contribution in [3.05, 3.63) is 95.9 Å². The van der Waals surface area contributed by atoms with Gasteiger partial charge in [0.15, 0.2) is 11.4 Å². The van der Waals surface area contributed by atoms with Crippen LogP contribution < -0.4 is 4.74 Å². The third kappa shape index (κ3) is 3.60. The fraction of sp³-hybridized carbons (Fsp3) is 0.130. The van der Waals surface area contributed by atoms with Crippen LogP contribution >= 0.6 is 0 Å². The van der Waals surface area contributed by atoms with Gasteiger partial charge in [0, 0.05) is 29.6 Å². The highest BCUT2D eigenvalue weighted by molar-refractivity contribution is 6.13. The molecular weight excluding hydrogens is 334 g/mol. The van der Waals surface area contributed by atoms with Crippen molar-refractivity contribution in [2.24, 2.45) is 4.99 Å². The average molecular weight is 355 g/mol.